The van der Waals surface area contributed by atoms with Gasteiger partial charge in [0.15, 0.2) is 11.5 Å². The highest BCUT2D eigenvalue weighted by molar-refractivity contribution is 6.31. The number of likely N-dealkylation sites (tertiary alicyclic amines) is 1. The Morgan fingerprint density at radius 2 is 1.77 bits per heavy atom. The number of carbonyl (C=O) groups excluding carboxylic acids is 4. The molecule has 1 atom stereocenters. The lowest BCUT2D eigenvalue weighted by atomic mass is 9.82. The molecule has 1 aliphatic carbocycles. The summed E-state index contributed by atoms with van der Waals surface area (Å²) in [7, 11) is 0. The van der Waals surface area contributed by atoms with E-state index in [1.165, 1.54) is 0 Å². The number of nitrogens with zero attached hydrogens (tertiary/aromatic N) is 6. The first-order valence-corrected chi connectivity index (χ1v) is 20.0. The van der Waals surface area contributed by atoms with Gasteiger partial charge in [0, 0.05) is 62.9 Å². The Morgan fingerprint density at radius 3 is 2.48 bits per heavy atom. The number of nitrogens with one attached hydrogen (secondary N) is 2. The fraction of sp³-hybridized carbons (Fsp3) is 0.488. The Balaban J connectivity index is 0.720. The smallest absolute Gasteiger partial charge is 0.272 e. The van der Waals surface area contributed by atoms with E-state index in [-0.39, 0.29) is 41.9 Å². The monoisotopic (exact) mass is 778 g/mol. The zero-order chi connectivity index (χ0) is 38.6. The van der Waals surface area contributed by atoms with Gasteiger partial charge in [0.25, 0.3) is 11.8 Å². The van der Waals surface area contributed by atoms with E-state index in [9.17, 15) is 19.2 Å². The number of piperidine rings is 2. The molecule has 1 aromatic heterocycles. The fourth-order valence-corrected chi connectivity index (χ4v) is 9.36. The summed E-state index contributed by atoms with van der Waals surface area (Å²) in [5, 5.41) is 23.6. The number of ether oxygens (including phenoxy) is 2. The van der Waals surface area contributed by atoms with Gasteiger partial charge in [-0.2, -0.15) is 5.26 Å². The number of imide groups is 1. The molecule has 0 radical (unpaired) electrons. The van der Waals surface area contributed by atoms with Crippen LogP contribution in [0.15, 0.2) is 42.5 Å². The number of hydrogen-bond donors (Lipinski definition) is 2. The third-order valence-corrected chi connectivity index (χ3v) is 12.9. The first-order chi connectivity index (χ1) is 27.1. The second-order valence-electron chi connectivity index (χ2n) is 16.0. The van der Waals surface area contributed by atoms with Crippen molar-refractivity contribution in [3.05, 3.63) is 75.4 Å². The van der Waals surface area contributed by atoms with E-state index < -0.39 is 11.9 Å². The largest absolute Gasteiger partial charge is 0.490 e. The first-order valence-electron chi connectivity index (χ1n) is 19.6. The minimum atomic E-state index is -0.630. The molecule has 4 fully saturated rings. The molecule has 15 heteroatoms. The summed E-state index contributed by atoms with van der Waals surface area (Å²) in [6.45, 7) is 3.90. The standard InChI is InChI=1S/C41H43ClN8O6/c42-32-19-30(4-1-25(32)20-43)55-29-5-2-27(3-6-29)44-38(52)33-7-9-36(47-46-33)49-22-28(23-49)48-15-13-41(14-16-48)12-11-24-17-31-26(18-35(24)56-41)21-50(40(31)54)34-8-10-37(51)45-39(34)53/h1,4,7,9,17-19,27-29,34H,2-3,5-6,8,10-16,21-23H2,(H,44,52)(H,45,51,53). The molecule has 3 aromatic rings. The molecule has 1 saturated carbocycles. The summed E-state index contributed by atoms with van der Waals surface area (Å²) < 4.78 is 12.8. The number of carbonyl (C=O) groups is 4. The number of benzene rings is 2. The highest BCUT2D eigenvalue weighted by Gasteiger charge is 2.45. The van der Waals surface area contributed by atoms with Crippen LogP contribution in [-0.2, 0) is 22.6 Å². The Labute approximate surface area is 329 Å². The number of halogens is 1. The van der Waals surface area contributed by atoms with Gasteiger partial charge in [0.1, 0.15) is 29.2 Å². The van der Waals surface area contributed by atoms with Gasteiger partial charge in [-0.3, -0.25) is 29.4 Å². The number of anilines is 1. The lowest BCUT2D eigenvalue weighted by molar-refractivity contribution is -0.136. The zero-order valence-electron chi connectivity index (χ0n) is 31.0. The van der Waals surface area contributed by atoms with Crippen LogP contribution < -0.4 is 25.0 Å². The van der Waals surface area contributed by atoms with Gasteiger partial charge in [-0.25, -0.2) is 0 Å². The first kappa shape index (κ1) is 36.4. The highest BCUT2D eigenvalue weighted by Crippen LogP contribution is 2.43. The Bertz CT molecular complexity index is 2120. The van der Waals surface area contributed by atoms with Crippen molar-refractivity contribution < 1.29 is 28.7 Å². The van der Waals surface area contributed by atoms with E-state index in [2.05, 4.69) is 36.7 Å². The van der Waals surface area contributed by atoms with Crippen molar-refractivity contribution in [3.63, 3.8) is 0 Å². The topological polar surface area (TPSA) is 170 Å². The molecule has 0 bridgehead atoms. The second-order valence-corrected chi connectivity index (χ2v) is 16.4. The van der Waals surface area contributed by atoms with E-state index >= 15 is 0 Å². The minimum absolute atomic E-state index is 0.0221. The molecule has 1 spiro atoms. The normalized spacial score (nSPS) is 24.7. The summed E-state index contributed by atoms with van der Waals surface area (Å²) in [5.41, 5.74) is 3.03. The Morgan fingerprint density at radius 1 is 0.964 bits per heavy atom. The van der Waals surface area contributed by atoms with Gasteiger partial charge in [-0.1, -0.05) is 11.6 Å². The number of rotatable bonds is 7. The van der Waals surface area contributed by atoms with Gasteiger partial charge in [0.05, 0.1) is 16.7 Å². The Kier molecular flexibility index (Phi) is 9.53. The molecule has 6 aliphatic rings. The number of aryl methyl sites for hydroxylation is 1. The van der Waals surface area contributed by atoms with Gasteiger partial charge in [-0.05, 0) is 105 Å². The van der Waals surface area contributed by atoms with Gasteiger partial charge < -0.3 is 24.6 Å². The number of fused-ring (bicyclic) bond motifs is 2. The van der Waals surface area contributed by atoms with Crippen molar-refractivity contribution in [1.82, 2.24) is 30.6 Å². The van der Waals surface area contributed by atoms with Crippen LogP contribution in [0, 0.1) is 11.3 Å². The van der Waals surface area contributed by atoms with Crippen LogP contribution in [0.5, 0.6) is 11.5 Å². The lowest BCUT2D eigenvalue weighted by Gasteiger charge is -2.51. The van der Waals surface area contributed by atoms with E-state index in [1.807, 2.05) is 18.2 Å². The van der Waals surface area contributed by atoms with Crippen molar-refractivity contribution in [2.75, 3.05) is 31.1 Å². The van der Waals surface area contributed by atoms with E-state index in [1.54, 1.807) is 29.2 Å². The molecule has 14 nitrogen and oxygen atoms in total. The fourth-order valence-electron chi connectivity index (χ4n) is 9.15. The van der Waals surface area contributed by atoms with Gasteiger partial charge in [-0.15, -0.1) is 10.2 Å². The van der Waals surface area contributed by atoms with Crippen LogP contribution in [0.2, 0.25) is 5.02 Å². The van der Waals surface area contributed by atoms with Crippen molar-refractivity contribution in [1.29, 1.82) is 5.26 Å². The predicted octanol–water partition coefficient (Wildman–Crippen LogP) is 3.93. The van der Waals surface area contributed by atoms with Crippen LogP contribution in [0.1, 0.15) is 95.3 Å². The molecule has 3 saturated heterocycles. The average molecular weight is 779 g/mol. The maximum absolute atomic E-state index is 13.3. The molecule has 6 heterocycles. The summed E-state index contributed by atoms with van der Waals surface area (Å²) in [6.07, 6.45) is 7.34. The molecule has 9 rings (SSSR count). The maximum atomic E-state index is 13.3. The Hall–Kier alpha value is -5.26. The quantitative estimate of drug-likeness (QED) is 0.334. The maximum Gasteiger partial charge on any atom is 0.272 e. The molecular formula is C41H43ClN8O6. The van der Waals surface area contributed by atoms with E-state index in [0.29, 0.717) is 46.6 Å². The van der Waals surface area contributed by atoms with Crippen LogP contribution in [0.3, 0.4) is 0 Å². The molecule has 290 valence electrons. The van der Waals surface area contributed by atoms with Gasteiger partial charge in [0.2, 0.25) is 11.8 Å². The van der Waals surface area contributed by atoms with Crippen LogP contribution in [-0.4, -0.2) is 99.6 Å². The molecular weight excluding hydrogens is 736 g/mol. The van der Waals surface area contributed by atoms with E-state index in [0.717, 1.165) is 100 Å². The van der Waals surface area contributed by atoms with Crippen LogP contribution in [0.4, 0.5) is 5.82 Å². The summed E-state index contributed by atoms with van der Waals surface area (Å²) >= 11 is 6.15. The third-order valence-electron chi connectivity index (χ3n) is 12.5. The molecule has 1 unspecified atom stereocenters. The lowest BCUT2D eigenvalue weighted by Crippen LogP contribution is -2.63. The van der Waals surface area contributed by atoms with Crippen molar-refractivity contribution in [2.45, 2.75) is 101 Å². The van der Waals surface area contributed by atoms with Crippen molar-refractivity contribution in [2.24, 2.45) is 0 Å². The van der Waals surface area contributed by atoms with E-state index in [4.69, 9.17) is 26.3 Å². The molecule has 4 amide bonds. The molecule has 2 aromatic carbocycles. The predicted molar refractivity (Wildman–Crippen MR) is 203 cm³/mol. The molecule has 5 aliphatic heterocycles. The zero-order valence-corrected chi connectivity index (χ0v) is 31.7. The summed E-state index contributed by atoms with van der Waals surface area (Å²) in [5.74, 6) is 1.18. The molecule has 56 heavy (non-hydrogen) atoms. The van der Waals surface area contributed by atoms with Crippen molar-refractivity contribution in [3.8, 4) is 17.6 Å². The van der Waals surface area contributed by atoms with Crippen molar-refractivity contribution >= 4 is 41.0 Å². The number of amides is 4. The third kappa shape index (κ3) is 7.03. The number of aromatic nitrogens is 2. The SMILES string of the molecule is N#Cc1ccc(OC2CCC(NC(=O)c3ccc(N4CC(N5CCC6(CCc7cc8c(cc7O6)CN(C6CCC(=O)NC6=O)C8=O)CC5)C4)nn3)CC2)cc1Cl. The highest BCUT2D eigenvalue weighted by atomic mass is 35.5. The van der Waals surface area contributed by atoms with Crippen LogP contribution in [0.25, 0.3) is 0 Å². The number of nitriles is 1. The second kappa shape index (κ2) is 14.7. The molecule has 2 N–H and O–H groups in total. The number of hydrogen-bond acceptors (Lipinski definition) is 11. The van der Waals surface area contributed by atoms with Gasteiger partial charge >= 0.3 is 0 Å². The average Bonchev–Trinajstić information content (AvgIpc) is 3.49. The minimum Gasteiger partial charge on any atom is -0.490 e. The summed E-state index contributed by atoms with van der Waals surface area (Å²) in [4.78, 5) is 56.8. The van der Waals surface area contributed by atoms with Crippen LogP contribution >= 0.6 is 11.6 Å². The summed E-state index contributed by atoms with van der Waals surface area (Å²) in [6, 6.07) is 14.5.